The molecule has 8 nitrogen and oxygen atoms in total. The van der Waals surface area contributed by atoms with E-state index >= 15 is 0 Å². The van der Waals surface area contributed by atoms with Crippen molar-refractivity contribution in [1.82, 2.24) is 15.0 Å². The minimum absolute atomic E-state index is 0.0294. The first-order chi connectivity index (χ1) is 16.2. The van der Waals surface area contributed by atoms with Gasteiger partial charge in [-0.05, 0) is 50.0 Å². The van der Waals surface area contributed by atoms with Crippen LogP contribution in [0.5, 0.6) is 0 Å². The predicted octanol–water partition coefficient (Wildman–Crippen LogP) is 4.24. The molecule has 3 atom stereocenters. The van der Waals surface area contributed by atoms with Crippen molar-refractivity contribution in [3.63, 3.8) is 0 Å². The number of halogens is 1. The number of nitrogens with zero attached hydrogens (tertiary/aromatic N) is 4. The third-order valence-electron chi connectivity index (χ3n) is 7.01. The van der Waals surface area contributed by atoms with Crippen molar-refractivity contribution in [1.29, 1.82) is 0 Å². The van der Waals surface area contributed by atoms with Crippen molar-refractivity contribution in [3.05, 3.63) is 48.0 Å². The van der Waals surface area contributed by atoms with Gasteiger partial charge < -0.3 is 14.7 Å². The molecule has 1 N–H and O–H groups in total. The number of nitrogens with one attached hydrogen (secondary N) is 1. The van der Waals surface area contributed by atoms with E-state index < -0.39 is 15.7 Å². The van der Waals surface area contributed by atoms with E-state index in [2.05, 4.69) is 39.2 Å². The first kappa shape index (κ1) is 23.0. The molecule has 5 rings (SSSR count). The van der Waals surface area contributed by atoms with Crippen LogP contribution in [0.25, 0.3) is 0 Å². The van der Waals surface area contributed by atoms with Crippen LogP contribution in [-0.4, -0.2) is 53.7 Å². The number of anilines is 1. The molecular formula is C24H30FN5O3S. The molecule has 0 radical (unpaired) electrons. The average Bonchev–Trinajstić information content (AvgIpc) is 3.38. The number of benzene rings is 1. The Morgan fingerprint density at radius 3 is 2.56 bits per heavy atom. The average molecular weight is 488 g/mol. The van der Waals surface area contributed by atoms with Gasteiger partial charge >= 0.3 is 0 Å². The Morgan fingerprint density at radius 2 is 1.94 bits per heavy atom. The molecule has 0 amide bonds. The minimum Gasteiger partial charge on any atom is -0.376 e. The van der Waals surface area contributed by atoms with Gasteiger partial charge in [-0.15, -0.1) is 0 Å². The molecule has 3 unspecified atom stereocenters. The SMILES string of the molecule is CC(C)c1noc(C2CC3CCC(C2)N3C2=NC=CC(Nc3ccc(S(C)(=O)=O)cc3F)C2)n1. The maximum absolute atomic E-state index is 14.6. The first-order valence-corrected chi connectivity index (χ1v) is 13.7. The summed E-state index contributed by atoms with van der Waals surface area (Å²) < 4.78 is 43.5. The highest BCUT2D eigenvalue weighted by Gasteiger charge is 2.44. The zero-order valence-corrected chi connectivity index (χ0v) is 20.4. The van der Waals surface area contributed by atoms with Crippen molar-refractivity contribution in [2.75, 3.05) is 11.6 Å². The minimum atomic E-state index is -3.45. The molecule has 10 heteroatoms. The van der Waals surface area contributed by atoms with Gasteiger partial charge in [0.2, 0.25) is 5.89 Å². The number of sulfone groups is 1. The Morgan fingerprint density at radius 1 is 1.21 bits per heavy atom. The van der Waals surface area contributed by atoms with Crippen LogP contribution < -0.4 is 5.32 Å². The lowest BCUT2D eigenvalue weighted by molar-refractivity contribution is 0.188. The highest BCUT2D eigenvalue weighted by molar-refractivity contribution is 7.90. The molecule has 34 heavy (non-hydrogen) atoms. The van der Waals surface area contributed by atoms with Gasteiger partial charge in [0.25, 0.3) is 0 Å². The second-order valence-electron chi connectivity index (χ2n) is 9.86. The van der Waals surface area contributed by atoms with Crippen molar-refractivity contribution >= 4 is 21.4 Å². The van der Waals surface area contributed by atoms with Crippen LogP contribution in [0.1, 0.15) is 69.5 Å². The Bertz CT molecular complexity index is 1220. The summed E-state index contributed by atoms with van der Waals surface area (Å²) in [5.41, 5.74) is 0.280. The molecule has 2 bridgehead atoms. The molecule has 182 valence electrons. The van der Waals surface area contributed by atoms with Crippen molar-refractivity contribution in [3.8, 4) is 0 Å². The summed E-state index contributed by atoms with van der Waals surface area (Å²) >= 11 is 0. The van der Waals surface area contributed by atoms with Crippen LogP contribution >= 0.6 is 0 Å². The quantitative estimate of drug-likeness (QED) is 0.673. The molecule has 0 aliphatic carbocycles. The van der Waals surface area contributed by atoms with Crippen molar-refractivity contribution in [2.45, 2.75) is 80.8 Å². The van der Waals surface area contributed by atoms with Crippen LogP contribution in [0.3, 0.4) is 0 Å². The summed E-state index contributed by atoms with van der Waals surface area (Å²) in [5.74, 6) is 2.45. The first-order valence-electron chi connectivity index (χ1n) is 11.8. The van der Waals surface area contributed by atoms with E-state index in [1.807, 2.05) is 6.08 Å². The number of piperidine rings is 1. The van der Waals surface area contributed by atoms with Crippen LogP contribution in [0.15, 0.2) is 44.9 Å². The van der Waals surface area contributed by atoms with Crippen LogP contribution in [0.4, 0.5) is 10.1 Å². The van der Waals surface area contributed by atoms with Crippen LogP contribution in [0.2, 0.25) is 0 Å². The Balaban J connectivity index is 1.26. The second-order valence-corrected chi connectivity index (χ2v) is 11.9. The number of aliphatic imine (C=N–C) groups is 1. The third kappa shape index (κ3) is 4.47. The second kappa shape index (κ2) is 8.79. The fourth-order valence-electron chi connectivity index (χ4n) is 5.31. The van der Waals surface area contributed by atoms with E-state index in [1.165, 1.54) is 12.1 Å². The summed E-state index contributed by atoms with van der Waals surface area (Å²) in [6, 6.07) is 4.58. The number of hydrogen-bond acceptors (Lipinski definition) is 8. The number of fused-ring (bicyclic) bond motifs is 2. The van der Waals surface area contributed by atoms with E-state index in [4.69, 9.17) is 4.52 Å². The highest BCUT2D eigenvalue weighted by atomic mass is 32.2. The smallest absolute Gasteiger partial charge is 0.229 e. The number of hydrogen-bond donors (Lipinski definition) is 1. The summed E-state index contributed by atoms with van der Waals surface area (Å²) in [6.07, 6.45) is 9.52. The lowest BCUT2D eigenvalue weighted by atomic mass is 9.89. The van der Waals surface area contributed by atoms with E-state index in [-0.39, 0.29) is 28.5 Å². The van der Waals surface area contributed by atoms with Gasteiger partial charge in [-0.3, -0.25) is 0 Å². The van der Waals surface area contributed by atoms with E-state index in [1.54, 1.807) is 6.20 Å². The molecule has 2 aromatic rings. The van der Waals surface area contributed by atoms with Gasteiger partial charge in [-0.25, -0.2) is 17.8 Å². The molecule has 4 heterocycles. The Labute approximate surface area is 199 Å². The molecule has 2 fully saturated rings. The zero-order valence-electron chi connectivity index (χ0n) is 19.6. The van der Waals surface area contributed by atoms with Gasteiger partial charge in [0, 0.05) is 42.8 Å². The maximum Gasteiger partial charge on any atom is 0.229 e. The van der Waals surface area contributed by atoms with Gasteiger partial charge in [-0.2, -0.15) is 4.98 Å². The molecule has 3 aliphatic rings. The molecule has 2 saturated heterocycles. The molecular weight excluding hydrogens is 457 g/mol. The molecule has 1 aromatic carbocycles. The lowest BCUT2D eigenvalue weighted by Crippen LogP contribution is -2.48. The van der Waals surface area contributed by atoms with Gasteiger partial charge in [0.15, 0.2) is 15.7 Å². The number of aromatic nitrogens is 2. The molecule has 1 aromatic heterocycles. The molecule has 0 saturated carbocycles. The van der Waals surface area contributed by atoms with E-state index in [0.717, 1.165) is 55.6 Å². The largest absolute Gasteiger partial charge is 0.376 e. The van der Waals surface area contributed by atoms with Crippen LogP contribution in [0, 0.1) is 5.82 Å². The number of rotatable bonds is 5. The molecule has 0 spiro atoms. The summed E-state index contributed by atoms with van der Waals surface area (Å²) in [7, 11) is -3.45. The summed E-state index contributed by atoms with van der Waals surface area (Å²) in [5, 5.41) is 7.34. The van der Waals surface area contributed by atoms with Gasteiger partial charge in [0.1, 0.15) is 11.7 Å². The standard InChI is InChI=1S/C24H30FN5O3S/c1-14(2)23-28-24(33-29-23)15-10-17-4-5-18(11-15)30(17)22-12-16(8-9-26-22)27-21-7-6-19(13-20(21)25)34(3,31)32/h6-9,13-18,27H,4-5,10-12H2,1-3H3. The van der Waals surface area contributed by atoms with E-state index in [0.29, 0.717) is 18.5 Å². The fraction of sp³-hybridized carbons (Fsp3) is 0.542. The monoisotopic (exact) mass is 487 g/mol. The predicted molar refractivity (Wildman–Crippen MR) is 127 cm³/mol. The highest BCUT2D eigenvalue weighted by Crippen LogP contribution is 2.43. The van der Waals surface area contributed by atoms with E-state index in [9.17, 15) is 12.8 Å². The number of amidine groups is 1. The Kier molecular flexibility index (Phi) is 5.95. The third-order valence-corrected chi connectivity index (χ3v) is 8.12. The fourth-order valence-corrected chi connectivity index (χ4v) is 5.95. The summed E-state index contributed by atoms with van der Waals surface area (Å²) in [6.45, 7) is 4.12. The topological polar surface area (TPSA) is 101 Å². The maximum atomic E-state index is 14.6. The lowest BCUT2D eigenvalue weighted by Gasteiger charge is -2.41. The van der Waals surface area contributed by atoms with Crippen LogP contribution in [-0.2, 0) is 9.84 Å². The Hall–Kier alpha value is -2.75. The normalized spacial score (nSPS) is 26.7. The van der Waals surface area contributed by atoms with Gasteiger partial charge in [0.05, 0.1) is 16.6 Å². The van der Waals surface area contributed by atoms with Crippen molar-refractivity contribution in [2.24, 2.45) is 4.99 Å². The molecule has 3 aliphatic heterocycles. The van der Waals surface area contributed by atoms with Crippen molar-refractivity contribution < 1.29 is 17.3 Å². The summed E-state index contributed by atoms with van der Waals surface area (Å²) in [4.78, 5) is 11.7. The van der Waals surface area contributed by atoms with Gasteiger partial charge in [-0.1, -0.05) is 19.0 Å². The zero-order chi connectivity index (χ0) is 24.0.